The minimum Gasteiger partial charge on any atom is -0.349 e. The third-order valence-electron chi connectivity index (χ3n) is 4.11. The van der Waals surface area contributed by atoms with E-state index in [4.69, 9.17) is 12.2 Å². The lowest BCUT2D eigenvalue weighted by atomic mass is 9.95. The molecule has 0 bridgehead atoms. The van der Waals surface area contributed by atoms with Crippen LogP contribution in [-0.2, 0) is 0 Å². The number of nitro benzene ring substituents is 1. The third kappa shape index (κ3) is 3.91. The Morgan fingerprint density at radius 3 is 2.62 bits per heavy atom. The van der Waals surface area contributed by atoms with Gasteiger partial charge >= 0.3 is 0 Å². The van der Waals surface area contributed by atoms with Crippen molar-refractivity contribution in [3.05, 3.63) is 33.9 Å². The summed E-state index contributed by atoms with van der Waals surface area (Å²) >= 11 is 5.46. The van der Waals surface area contributed by atoms with Crippen LogP contribution >= 0.6 is 12.2 Å². The number of nitro groups is 1. The molecule has 0 heterocycles. The summed E-state index contributed by atoms with van der Waals surface area (Å²) in [6, 6.07) is 5.27. The summed E-state index contributed by atoms with van der Waals surface area (Å²) in [4.78, 5) is 12.5. The van der Waals surface area contributed by atoms with Crippen molar-refractivity contribution in [1.82, 2.24) is 4.90 Å². The molecule has 21 heavy (non-hydrogen) atoms. The molecule has 6 heteroatoms. The third-order valence-corrected chi connectivity index (χ3v) is 4.50. The molecule has 1 aromatic carbocycles. The highest BCUT2D eigenvalue weighted by atomic mass is 32.1. The van der Waals surface area contributed by atoms with Crippen LogP contribution in [0.4, 0.5) is 11.4 Å². The Kier molecular flexibility index (Phi) is 5.12. The van der Waals surface area contributed by atoms with Crippen molar-refractivity contribution in [3.63, 3.8) is 0 Å². The Bertz CT molecular complexity index is 542. The zero-order chi connectivity index (χ0) is 15.4. The Balaban J connectivity index is 2.03. The van der Waals surface area contributed by atoms with E-state index < -0.39 is 0 Å². The lowest BCUT2D eigenvalue weighted by molar-refractivity contribution is -0.384. The maximum Gasteiger partial charge on any atom is 0.269 e. The van der Waals surface area contributed by atoms with Crippen LogP contribution in [0.25, 0.3) is 0 Å². The van der Waals surface area contributed by atoms with Gasteiger partial charge in [0.05, 0.1) is 4.92 Å². The van der Waals surface area contributed by atoms with Gasteiger partial charge in [-0.1, -0.05) is 19.3 Å². The van der Waals surface area contributed by atoms with Crippen LogP contribution in [0.15, 0.2) is 18.2 Å². The van der Waals surface area contributed by atoms with Crippen molar-refractivity contribution in [2.45, 2.75) is 45.1 Å². The summed E-state index contributed by atoms with van der Waals surface area (Å²) in [6.45, 7) is 1.85. The largest absolute Gasteiger partial charge is 0.349 e. The fourth-order valence-corrected chi connectivity index (χ4v) is 3.00. The monoisotopic (exact) mass is 307 g/mol. The van der Waals surface area contributed by atoms with Crippen molar-refractivity contribution in [2.75, 3.05) is 12.4 Å². The van der Waals surface area contributed by atoms with E-state index in [0.29, 0.717) is 11.2 Å². The number of nitrogens with zero attached hydrogens (tertiary/aromatic N) is 2. The van der Waals surface area contributed by atoms with Crippen molar-refractivity contribution < 1.29 is 4.92 Å². The van der Waals surface area contributed by atoms with Crippen LogP contribution in [-0.4, -0.2) is 28.0 Å². The van der Waals surface area contributed by atoms with Crippen LogP contribution in [0.5, 0.6) is 0 Å². The summed E-state index contributed by atoms with van der Waals surface area (Å²) in [7, 11) is 2.02. The molecule has 0 atom stereocenters. The lowest BCUT2D eigenvalue weighted by Gasteiger charge is -2.33. The van der Waals surface area contributed by atoms with E-state index >= 15 is 0 Å². The molecule has 0 unspecified atom stereocenters. The second-order valence-corrected chi connectivity index (χ2v) is 5.98. The minimum absolute atomic E-state index is 0.101. The van der Waals surface area contributed by atoms with Crippen molar-refractivity contribution >= 4 is 28.7 Å². The summed E-state index contributed by atoms with van der Waals surface area (Å²) < 4.78 is 0. The van der Waals surface area contributed by atoms with E-state index in [0.717, 1.165) is 11.3 Å². The molecule has 1 fully saturated rings. The number of rotatable bonds is 3. The molecule has 0 saturated heterocycles. The molecule has 0 aliphatic heterocycles. The Morgan fingerprint density at radius 2 is 2.05 bits per heavy atom. The number of anilines is 1. The van der Waals surface area contributed by atoms with Crippen LogP contribution in [0.2, 0.25) is 0 Å². The normalized spacial score (nSPS) is 15.5. The maximum absolute atomic E-state index is 10.8. The first kappa shape index (κ1) is 15.7. The SMILES string of the molecule is Cc1cc([N+](=O)[O-])ccc1NC(=S)N(C)C1CCCCC1. The molecule has 0 spiro atoms. The van der Waals surface area contributed by atoms with E-state index in [9.17, 15) is 10.1 Å². The first-order chi connectivity index (χ1) is 9.99. The lowest BCUT2D eigenvalue weighted by Crippen LogP contribution is -2.40. The predicted octanol–water partition coefficient (Wildman–Crippen LogP) is 3.86. The maximum atomic E-state index is 10.8. The van der Waals surface area contributed by atoms with Gasteiger partial charge in [-0.25, -0.2) is 0 Å². The molecule has 1 aliphatic rings. The Hall–Kier alpha value is -1.69. The zero-order valence-electron chi connectivity index (χ0n) is 12.5. The first-order valence-corrected chi connectivity index (χ1v) is 7.68. The molecule has 1 aliphatic carbocycles. The van der Waals surface area contributed by atoms with Gasteiger partial charge in [-0.05, 0) is 43.6 Å². The Labute approximate surface area is 130 Å². The van der Waals surface area contributed by atoms with E-state index in [1.807, 2.05) is 14.0 Å². The van der Waals surface area contributed by atoms with Crippen LogP contribution < -0.4 is 5.32 Å². The number of thiocarbonyl (C=S) groups is 1. The molecule has 1 aromatic rings. The van der Waals surface area contributed by atoms with Gasteiger partial charge in [0, 0.05) is 30.9 Å². The standard InChI is InChI=1S/C15H21N3O2S/c1-11-10-13(18(19)20)8-9-14(11)16-15(21)17(2)12-6-4-3-5-7-12/h8-10,12H,3-7H2,1-2H3,(H,16,21). The fraction of sp³-hybridized carbons (Fsp3) is 0.533. The highest BCUT2D eigenvalue weighted by molar-refractivity contribution is 7.80. The second kappa shape index (κ2) is 6.85. The molecule has 1 N–H and O–H groups in total. The fourth-order valence-electron chi connectivity index (χ4n) is 2.74. The zero-order valence-corrected chi connectivity index (χ0v) is 13.3. The van der Waals surface area contributed by atoms with E-state index in [2.05, 4.69) is 10.2 Å². The van der Waals surface area contributed by atoms with Gasteiger partial charge in [0.1, 0.15) is 0 Å². The summed E-state index contributed by atoms with van der Waals surface area (Å²) in [5.74, 6) is 0. The number of non-ortho nitro benzene ring substituents is 1. The van der Waals surface area contributed by atoms with Crippen LogP contribution in [0, 0.1) is 17.0 Å². The highest BCUT2D eigenvalue weighted by Crippen LogP contribution is 2.24. The van der Waals surface area contributed by atoms with Gasteiger partial charge in [-0.15, -0.1) is 0 Å². The molecule has 0 aromatic heterocycles. The van der Waals surface area contributed by atoms with Gasteiger partial charge in [0.15, 0.2) is 5.11 Å². The summed E-state index contributed by atoms with van der Waals surface area (Å²) in [5, 5.41) is 14.6. The van der Waals surface area contributed by atoms with E-state index in [1.54, 1.807) is 12.1 Å². The Morgan fingerprint density at radius 1 is 1.38 bits per heavy atom. The number of nitrogens with one attached hydrogen (secondary N) is 1. The average molecular weight is 307 g/mol. The molecular weight excluding hydrogens is 286 g/mol. The number of hydrogen-bond donors (Lipinski definition) is 1. The van der Waals surface area contributed by atoms with Crippen molar-refractivity contribution in [1.29, 1.82) is 0 Å². The highest BCUT2D eigenvalue weighted by Gasteiger charge is 2.20. The van der Waals surface area contributed by atoms with Crippen LogP contribution in [0.3, 0.4) is 0 Å². The smallest absolute Gasteiger partial charge is 0.269 e. The van der Waals surface area contributed by atoms with Gasteiger partial charge < -0.3 is 10.2 Å². The van der Waals surface area contributed by atoms with Gasteiger partial charge in [0.2, 0.25) is 0 Å². The number of benzene rings is 1. The number of aryl methyl sites for hydroxylation is 1. The van der Waals surface area contributed by atoms with Gasteiger partial charge in [-0.3, -0.25) is 10.1 Å². The first-order valence-electron chi connectivity index (χ1n) is 7.28. The summed E-state index contributed by atoms with van der Waals surface area (Å²) in [6.07, 6.45) is 6.18. The molecular formula is C15H21N3O2S. The molecule has 114 valence electrons. The predicted molar refractivity (Wildman–Crippen MR) is 88.7 cm³/mol. The van der Waals surface area contributed by atoms with E-state index in [-0.39, 0.29) is 10.6 Å². The van der Waals surface area contributed by atoms with Gasteiger partial charge in [0.25, 0.3) is 5.69 Å². The van der Waals surface area contributed by atoms with Gasteiger partial charge in [-0.2, -0.15) is 0 Å². The molecule has 2 rings (SSSR count). The van der Waals surface area contributed by atoms with E-state index in [1.165, 1.54) is 38.2 Å². The van der Waals surface area contributed by atoms with Crippen LogP contribution in [0.1, 0.15) is 37.7 Å². The quantitative estimate of drug-likeness (QED) is 0.522. The topological polar surface area (TPSA) is 58.4 Å². The summed E-state index contributed by atoms with van der Waals surface area (Å²) in [5.41, 5.74) is 1.75. The van der Waals surface area contributed by atoms with Crippen molar-refractivity contribution in [2.24, 2.45) is 0 Å². The van der Waals surface area contributed by atoms with Crippen molar-refractivity contribution in [3.8, 4) is 0 Å². The second-order valence-electron chi connectivity index (χ2n) is 5.59. The molecule has 0 radical (unpaired) electrons. The average Bonchev–Trinajstić information content (AvgIpc) is 2.49. The minimum atomic E-state index is -0.386. The molecule has 5 nitrogen and oxygen atoms in total. The molecule has 0 amide bonds. The molecule has 1 saturated carbocycles. The number of hydrogen-bond acceptors (Lipinski definition) is 3.